The Morgan fingerprint density at radius 2 is 1.68 bits per heavy atom. The Bertz CT molecular complexity index is 927. The average Bonchev–Trinajstić information content (AvgIpc) is 2.40. The largest absolute Gasteiger partial charge is 0.277 e. The molecule has 2 aromatic rings. The van der Waals surface area contributed by atoms with Crippen LogP contribution in [0.2, 0.25) is 0 Å². The molecule has 22 heavy (non-hydrogen) atoms. The van der Waals surface area contributed by atoms with Gasteiger partial charge >= 0.3 is 0 Å². The molecule has 0 aliphatic rings. The van der Waals surface area contributed by atoms with Gasteiger partial charge in [0.25, 0.3) is 19.1 Å². The van der Waals surface area contributed by atoms with E-state index in [0.717, 1.165) is 12.1 Å². The summed E-state index contributed by atoms with van der Waals surface area (Å²) in [6.45, 7) is 1.49. The Balaban J connectivity index is 2.53. The first-order valence-electron chi connectivity index (χ1n) is 5.94. The standard InChI is InChI=1S/C13H11ClFNO4S2/c1-9-6-7-10(21(14,17)18)8-13(9)22(19,20)16-12-5-3-2-4-11(12)15/h2-8,16H,1H3. The molecule has 0 aromatic heterocycles. The minimum Gasteiger partial charge on any atom is -0.277 e. The lowest BCUT2D eigenvalue weighted by Crippen LogP contribution is -2.15. The molecule has 0 heterocycles. The van der Waals surface area contributed by atoms with Gasteiger partial charge < -0.3 is 0 Å². The van der Waals surface area contributed by atoms with Gasteiger partial charge in [-0.3, -0.25) is 4.72 Å². The van der Waals surface area contributed by atoms with Gasteiger partial charge in [0.1, 0.15) is 5.82 Å². The zero-order valence-corrected chi connectivity index (χ0v) is 13.6. The monoisotopic (exact) mass is 363 g/mol. The molecule has 0 aliphatic heterocycles. The second kappa shape index (κ2) is 5.86. The van der Waals surface area contributed by atoms with Gasteiger partial charge in [-0.2, -0.15) is 0 Å². The lowest BCUT2D eigenvalue weighted by atomic mass is 10.2. The van der Waals surface area contributed by atoms with Crippen LogP contribution in [0.25, 0.3) is 0 Å². The topological polar surface area (TPSA) is 80.3 Å². The summed E-state index contributed by atoms with van der Waals surface area (Å²) in [4.78, 5) is -0.647. The highest BCUT2D eigenvalue weighted by atomic mass is 35.7. The quantitative estimate of drug-likeness (QED) is 0.847. The predicted octanol–water partition coefficient (Wildman–Crippen LogP) is 2.86. The van der Waals surface area contributed by atoms with Crippen LogP contribution in [0.5, 0.6) is 0 Å². The van der Waals surface area contributed by atoms with Crippen LogP contribution in [0.1, 0.15) is 5.56 Å². The highest BCUT2D eigenvalue weighted by Crippen LogP contribution is 2.25. The van der Waals surface area contributed by atoms with E-state index in [4.69, 9.17) is 10.7 Å². The molecule has 2 aromatic carbocycles. The molecule has 0 saturated heterocycles. The molecule has 0 radical (unpaired) electrons. The molecule has 118 valence electrons. The van der Waals surface area contributed by atoms with Crippen molar-refractivity contribution in [2.45, 2.75) is 16.7 Å². The van der Waals surface area contributed by atoms with E-state index in [1.54, 1.807) is 0 Å². The fourth-order valence-corrected chi connectivity index (χ4v) is 3.96. The maximum atomic E-state index is 13.6. The first kappa shape index (κ1) is 16.7. The summed E-state index contributed by atoms with van der Waals surface area (Å²) in [5.74, 6) is -0.746. The maximum Gasteiger partial charge on any atom is 0.262 e. The summed E-state index contributed by atoms with van der Waals surface area (Å²) in [5, 5.41) is 0. The van der Waals surface area contributed by atoms with Crippen molar-refractivity contribution in [2.75, 3.05) is 4.72 Å². The summed E-state index contributed by atoms with van der Waals surface area (Å²) < 4.78 is 63.0. The minimum atomic E-state index is -4.16. The third-order valence-electron chi connectivity index (χ3n) is 2.85. The van der Waals surface area contributed by atoms with Gasteiger partial charge in [0, 0.05) is 10.7 Å². The van der Waals surface area contributed by atoms with Crippen LogP contribution in [0.4, 0.5) is 10.1 Å². The fraction of sp³-hybridized carbons (Fsp3) is 0.0769. The number of para-hydroxylation sites is 1. The summed E-state index contributed by atoms with van der Waals surface area (Å²) in [6.07, 6.45) is 0. The van der Waals surface area contributed by atoms with Crippen molar-refractivity contribution in [3.05, 3.63) is 53.8 Å². The lowest BCUT2D eigenvalue weighted by molar-refractivity contribution is 0.597. The van der Waals surface area contributed by atoms with E-state index in [9.17, 15) is 21.2 Å². The molecular formula is C13H11ClFNO4S2. The SMILES string of the molecule is Cc1ccc(S(=O)(=O)Cl)cc1S(=O)(=O)Nc1ccccc1F. The van der Waals surface area contributed by atoms with E-state index in [1.165, 1.54) is 37.3 Å². The number of anilines is 1. The highest BCUT2D eigenvalue weighted by Gasteiger charge is 2.21. The normalized spacial score (nSPS) is 12.1. The molecule has 0 atom stereocenters. The van der Waals surface area contributed by atoms with Crippen LogP contribution in [0.3, 0.4) is 0 Å². The molecule has 1 N–H and O–H groups in total. The average molecular weight is 364 g/mol. The van der Waals surface area contributed by atoms with Crippen molar-refractivity contribution in [1.29, 1.82) is 0 Å². The zero-order valence-electron chi connectivity index (χ0n) is 11.2. The Hall–Kier alpha value is -1.64. The van der Waals surface area contributed by atoms with Gasteiger partial charge in [0.15, 0.2) is 0 Å². The second-order valence-corrected chi connectivity index (χ2v) is 8.67. The van der Waals surface area contributed by atoms with Gasteiger partial charge in [-0.05, 0) is 36.8 Å². The highest BCUT2D eigenvalue weighted by molar-refractivity contribution is 8.13. The van der Waals surface area contributed by atoms with Crippen molar-refractivity contribution >= 4 is 35.4 Å². The molecule has 0 aliphatic carbocycles. The van der Waals surface area contributed by atoms with Crippen LogP contribution in [0, 0.1) is 12.7 Å². The summed E-state index contributed by atoms with van der Waals surface area (Å²) in [6, 6.07) is 8.67. The number of benzene rings is 2. The maximum absolute atomic E-state index is 13.6. The van der Waals surface area contributed by atoms with E-state index in [1.807, 2.05) is 0 Å². The van der Waals surface area contributed by atoms with Gasteiger partial charge in [0.05, 0.1) is 15.5 Å². The van der Waals surface area contributed by atoms with Crippen molar-refractivity contribution in [2.24, 2.45) is 0 Å². The van der Waals surface area contributed by atoms with E-state index < -0.39 is 24.9 Å². The first-order valence-corrected chi connectivity index (χ1v) is 9.73. The van der Waals surface area contributed by atoms with E-state index in [0.29, 0.717) is 5.56 Å². The van der Waals surface area contributed by atoms with Gasteiger partial charge in [-0.15, -0.1) is 0 Å². The van der Waals surface area contributed by atoms with Crippen molar-refractivity contribution < 1.29 is 21.2 Å². The fourth-order valence-electron chi connectivity index (χ4n) is 1.77. The number of halogens is 2. The number of sulfonamides is 1. The Morgan fingerprint density at radius 3 is 2.27 bits per heavy atom. The van der Waals surface area contributed by atoms with Crippen molar-refractivity contribution in [1.82, 2.24) is 0 Å². The number of nitrogens with one attached hydrogen (secondary N) is 1. The molecule has 0 spiro atoms. The zero-order chi connectivity index (χ0) is 16.5. The van der Waals surface area contributed by atoms with Crippen LogP contribution in [-0.2, 0) is 19.1 Å². The third-order valence-corrected chi connectivity index (χ3v) is 5.71. The van der Waals surface area contributed by atoms with E-state index >= 15 is 0 Å². The summed E-state index contributed by atoms with van der Waals surface area (Å²) in [5.41, 5.74) is 0.0638. The van der Waals surface area contributed by atoms with E-state index in [-0.39, 0.29) is 15.5 Å². The van der Waals surface area contributed by atoms with Crippen LogP contribution in [0.15, 0.2) is 52.3 Å². The molecule has 0 fully saturated rings. The minimum absolute atomic E-state index is 0.235. The third kappa shape index (κ3) is 3.57. The number of rotatable bonds is 4. The second-order valence-electron chi connectivity index (χ2n) is 4.45. The van der Waals surface area contributed by atoms with Crippen molar-refractivity contribution in [3.63, 3.8) is 0 Å². The van der Waals surface area contributed by atoms with Crippen LogP contribution >= 0.6 is 10.7 Å². The molecular weight excluding hydrogens is 353 g/mol. The summed E-state index contributed by atoms with van der Waals surface area (Å²) >= 11 is 0. The Morgan fingerprint density at radius 1 is 1.05 bits per heavy atom. The Kier molecular flexibility index (Phi) is 4.46. The molecule has 0 bridgehead atoms. The molecule has 0 amide bonds. The van der Waals surface area contributed by atoms with Gasteiger partial charge in [0.2, 0.25) is 0 Å². The lowest BCUT2D eigenvalue weighted by Gasteiger charge is -2.11. The first-order chi connectivity index (χ1) is 10.1. The summed E-state index contributed by atoms with van der Waals surface area (Å²) in [7, 11) is -3.02. The number of hydrogen-bond donors (Lipinski definition) is 1. The van der Waals surface area contributed by atoms with Crippen molar-refractivity contribution in [3.8, 4) is 0 Å². The molecule has 9 heteroatoms. The van der Waals surface area contributed by atoms with Crippen LogP contribution in [-0.4, -0.2) is 16.8 Å². The van der Waals surface area contributed by atoms with Gasteiger partial charge in [-0.25, -0.2) is 21.2 Å². The molecule has 5 nitrogen and oxygen atoms in total. The molecule has 0 unspecified atom stereocenters. The number of hydrogen-bond acceptors (Lipinski definition) is 4. The smallest absolute Gasteiger partial charge is 0.262 e. The molecule has 2 rings (SSSR count). The predicted molar refractivity (Wildman–Crippen MR) is 81.4 cm³/mol. The Labute approximate surface area is 132 Å². The number of aryl methyl sites for hydroxylation is 1. The van der Waals surface area contributed by atoms with Crippen LogP contribution < -0.4 is 4.72 Å². The van der Waals surface area contributed by atoms with E-state index in [2.05, 4.69) is 4.72 Å². The molecule has 0 saturated carbocycles. The van der Waals surface area contributed by atoms with Gasteiger partial charge in [-0.1, -0.05) is 18.2 Å².